The molecule has 2 heterocycles. The van der Waals surface area contributed by atoms with E-state index in [0.29, 0.717) is 11.8 Å². The highest BCUT2D eigenvalue weighted by Gasteiger charge is 2.28. The van der Waals surface area contributed by atoms with Gasteiger partial charge in [0.2, 0.25) is 5.78 Å². The van der Waals surface area contributed by atoms with E-state index in [4.69, 9.17) is 4.74 Å². The number of aryl methyl sites for hydroxylation is 2. The Hall–Kier alpha value is -2.40. The van der Waals surface area contributed by atoms with Crippen LogP contribution in [0.4, 0.5) is 0 Å². The van der Waals surface area contributed by atoms with Gasteiger partial charge < -0.3 is 9.30 Å². The zero-order chi connectivity index (χ0) is 18.3. The molecule has 0 radical (unpaired) electrons. The zero-order valence-electron chi connectivity index (χ0n) is 15.3. The summed E-state index contributed by atoms with van der Waals surface area (Å²) in [6.07, 6.45) is 2.43. The van der Waals surface area contributed by atoms with Crippen molar-refractivity contribution in [3.8, 4) is 16.3 Å². The average Bonchev–Trinajstić information content (AvgIpc) is 3.29. The Morgan fingerprint density at radius 1 is 1.23 bits per heavy atom. The molecule has 0 bridgehead atoms. The Morgan fingerprint density at radius 2 is 1.96 bits per heavy atom. The van der Waals surface area contributed by atoms with E-state index in [1.165, 1.54) is 12.8 Å². The molecule has 0 saturated heterocycles. The Morgan fingerprint density at radius 3 is 2.58 bits per heavy atom. The maximum Gasteiger partial charge on any atom is 0.202 e. The number of ether oxygens (including phenoxy) is 1. The van der Waals surface area contributed by atoms with Crippen LogP contribution in [0.25, 0.3) is 10.6 Å². The molecular formula is C21H22N2O2S. The second-order valence-electron chi connectivity index (χ2n) is 6.92. The van der Waals surface area contributed by atoms with Gasteiger partial charge in [0.25, 0.3) is 0 Å². The first-order valence-electron chi connectivity index (χ1n) is 8.90. The molecule has 1 aliphatic carbocycles. The summed E-state index contributed by atoms with van der Waals surface area (Å²) in [5.41, 5.74) is 5.10. The summed E-state index contributed by atoms with van der Waals surface area (Å²) in [5, 5.41) is 3.04. The van der Waals surface area contributed by atoms with Gasteiger partial charge in [0.1, 0.15) is 10.8 Å². The first kappa shape index (κ1) is 17.0. The minimum absolute atomic E-state index is 0.0321. The Labute approximate surface area is 157 Å². The topological polar surface area (TPSA) is 44.1 Å². The lowest BCUT2D eigenvalue weighted by molar-refractivity contribution is 0.0921. The van der Waals surface area contributed by atoms with Gasteiger partial charge in [-0.1, -0.05) is 0 Å². The first-order valence-corrected chi connectivity index (χ1v) is 9.78. The molecule has 1 saturated carbocycles. The molecule has 134 valence electrons. The summed E-state index contributed by atoms with van der Waals surface area (Å²) in [5.74, 6) is 0.732. The molecule has 4 rings (SSSR count). The van der Waals surface area contributed by atoms with Crippen molar-refractivity contribution in [3.05, 3.63) is 58.4 Å². The van der Waals surface area contributed by atoms with Crippen LogP contribution in [-0.2, 0) is 0 Å². The fourth-order valence-electron chi connectivity index (χ4n) is 3.36. The molecule has 5 heteroatoms. The van der Waals surface area contributed by atoms with E-state index < -0.39 is 0 Å². The predicted molar refractivity (Wildman–Crippen MR) is 104 cm³/mol. The van der Waals surface area contributed by atoms with Gasteiger partial charge in [0, 0.05) is 39.6 Å². The standard InChI is InChI=1S/C21H22N2O2S/c1-13-12-26-21(22-13)16-4-8-18(9-5-16)25-11-20(24)19-10-14(2)23(15(19)3)17-6-7-17/h4-5,8-10,12,17H,6-7,11H2,1-3H3. The molecular weight excluding hydrogens is 344 g/mol. The summed E-state index contributed by atoms with van der Waals surface area (Å²) in [6, 6.07) is 10.3. The number of ketones is 1. The van der Waals surface area contributed by atoms with Crippen LogP contribution in [0.5, 0.6) is 5.75 Å². The van der Waals surface area contributed by atoms with Gasteiger partial charge in [-0.3, -0.25) is 4.79 Å². The fraction of sp³-hybridized carbons (Fsp3) is 0.333. The SMILES string of the molecule is Cc1csc(-c2ccc(OCC(=O)c3cc(C)n(C4CC4)c3C)cc2)n1. The minimum Gasteiger partial charge on any atom is -0.485 e. The molecule has 1 aliphatic rings. The molecule has 0 N–H and O–H groups in total. The van der Waals surface area contributed by atoms with Crippen molar-refractivity contribution in [2.45, 2.75) is 39.7 Å². The van der Waals surface area contributed by atoms with Crippen LogP contribution in [0.15, 0.2) is 35.7 Å². The lowest BCUT2D eigenvalue weighted by atomic mass is 10.1. The summed E-state index contributed by atoms with van der Waals surface area (Å²) in [7, 11) is 0. The van der Waals surface area contributed by atoms with Gasteiger partial charge >= 0.3 is 0 Å². The third-order valence-electron chi connectivity index (χ3n) is 4.79. The second kappa shape index (κ2) is 6.72. The Bertz CT molecular complexity index is 949. The normalized spacial score (nSPS) is 13.8. The third kappa shape index (κ3) is 3.31. The maximum atomic E-state index is 12.6. The molecule has 0 unspecified atom stereocenters. The number of nitrogens with zero attached hydrogens (tertiary/aromatic N) is 2. The van der Waals surface area contributed by atoms with Crippen molar-refractivity contribution in [3.63, 3.8) is 0 Å². The van der Waals surface area contributed by atoms with Gasteiger partial charge in [-0.25, -0.2) is 4.98 Å². The molecule has 0 atom stereocenters. The molecule has 1 fully saturated rings. The molecule has 3 aromatic rings. The van der Waals surface area contributed by atoms with Crippen LogP contribution in [0.1, 0.15) is 46.3 Å². The van der Waals surface area contributed by atoms with Crippen LogP contribution in [-0.4, -0.2) is 21.9 Å². The number of carbonyl (C=O) groups is 1. The van der Waals surface area contributed by atoms with E-state index in [0.717, 1.165) is 33.2 Å². The van der Waals surface area contributed by atoms with Crippen LogP contribution in [0.3, 0.4) is 0 Å². The maximum absolute atomic E-state index is 12.6. The number of benzene rings is 1. The van der Waals surface area contributed by atoms with Crippen molar-refractivity contribution in [1.29, 1.82) is 0 Å². The number of thiazole rings is 1. The smallest absolute Gasteiger partial charge is 0.202 e. The van der Waals surface area contributed by atoms with Gasteiger partial charge in [-0.2, -0.15) is 0 Å². The van der Waals surface area contributed by atoms with E-state index in [2.05, 4.69) is 16.5 Å². The summed E-state index contributed by atoms with van der Waals surface area (Å²) in [4.78, 5) is 17.1. The lowest BCUT2D eigenvalue weighted by Crippen LogP contribution is -2.12. The molecule has 0 amide bonds. The highest BCUT2D eigenvalue weighted by Crippen LogP contribution is 2.38. The number of Topliss-reactive ketones (excluding diaryl/α,β-unsaturated/α-hetero) is 1. The van der Waals surface area contributed by atoms with Gasteiger partial charge in [-0.15, -0.1) is 11.3 Å². The minimum atomic E-state index is 0.0321. The molecule has 2 aromatic heterocycles. The Kier molecular flexibility index (Phi) is 4.41. The largest absolute Gasteiger partial charge is 0.485 e. The van der Waals surface area contributed by atoms with E-state index in [9.17, 15) is 4.79 Å². The van der Waals surface area contributed by atoms with Crippen LogP contribution in [0, 0.1) is 20.8 Å². The van der Waals surface area contributed by atoms with Crippen molar-refractivity contribution in [2.75, 3.05) is 6.61 Å². The van der Waals surface area contributed by atoms with Crippen LogP contribution >= 0.6 is 11.3 Å². The van der Waals surface area contributed by atoms with Gasteiger partial charge in [0.05, 0.1) is 0 Å². The molecule has 4 nitrogen and oxygen atoms in total. The van der Waals surface area contributed by atoms with Crippen LogP contribution in [0.2, 0.25) is 0 Å². The first-order chi connectivity index (χ1) is 12.5. The number of hydrogen-bond acceptors (Lipinski definition) is 4. The predicted octanol–water partition coefficient (Wildman–Crippen LogP) is 5.13. The molecule has 26 heavy (non-hydrogen) atoms. The van der Waals surface area contributed by atoms with Crippen molar-refractivity contribution in [2.24, 2.45) is 0 Å². The zero-order valence-corrected chi connectivity index (χ0v) is 16.1. The Balaban J connectivity index is 1.42. The number of hydrogen-bond donors (Lipinski definition) is 0. The summed E-state index contributed by atoms with van der Waals surface area (Å²) >= 11 is 1.63. The summed E-state index contributed by atoms with van der Waals surface area (Å²) < 4.78 is 8.01. The van der Waals surface area contributed by atoms with Gasteiger partial charge in [-0.05, 0) is 63.9 Å². The number of carbonyl (C=O) groups excluding carboxylic acids is 1. The van der Waals surface area contributed by atoms with Crippen LogP contribution < -0.4 is 4.74 Å². The monoisotopic (exact) mass is 366 g/mol. The molecule has 0 spiro atoms. The number of rotatable bonds is 6. The highest BCUT2D eigenvalue weighted by molar-refractivity contribution is 7.13. The van der Waals surface area contributed by atoms with E-state index in [1.54, 1.807) is 11.3 Å². The van der Waals surface area contributed by atoms with Crippen molar-refractivity contribution >= 4 is 17.1 Å². The fourth-order valence-corrected chi connectivity index (χ4v) is 4.16. The van der Waals surface area contributed by atoms with Crippen molar-refractivity contribution in [1.82, 2.24) is 9.55 Å². The third-order valence-corrected chi connectivity index (χ3v) is 5.80. The lowest BCUT2D eigenvalue weighted by Gasteiger charge is -2.08. The van der Waals surface area contributed by atoms with E-state index >= 15 is 0 Å². The quantitative estimate of drug-likeness (QED) is 0.568. The van der Waals surface area contributed by atoms with E-state index in [1.807, 2.05) is 49.6 Å². The van der Waals surface area contributed by atoms with E-state index in [-0.39, 0.29) is 12.4 Å². The second-order valence-corrected chi connectivity index (χ2v) is 7.77. The highest BCUT2D eigenvalue weighted by atomic mass is 32.1. The number of aromatic nitrogens is 2. The summed E-state index contributed by atoms with van der Waals surface area (Å²) in [6.45, 7) is 6.15. The average molecular weight is 366 g/mol. The molecule has 1 aromatic carbocycles. The molecule has 0 aliphatic heterocycles. The van der Waals surface area contributed by atoms with Gasteiger partial charge in [0.15, 0.2) is 6.61 Å². The van der Waals surface area contributed by atoms with Crippen molar-refractivity contribution < 1.29 is 9.53 Å².